The van der Waals surface area contributed by atoms with Gasteiger partial charge in [0.1, 0.15) is 0 Å². The maximum atomic E-state index is 5.38. The van der Waals surface area contributed by atoms with Gasteiger partial charge in [-0.05, 0) is 13.0 Å². The van der Waals surface area contributed by atoms with Crippen LogP contribution in [-0.4, -0.2) is 38.9 Å². The molecule has 0 spiro atoms. The highest BCUT2D eigenvalue weighted by Crippen LogP contribution is 1.82. The van der Waals surface area contributed by atoms with Gasteiger partial charge in [0.2, 0.25) is 0 Å². The second-order valence-electron chi connectivity index (χ2n) is 2.06. The molecule has 0 aromatic rings. The van der Waals surface area contributed by atoms with Crippen molar-refractivity contribution in [1.29, 1.82) is 0 Å². The van der Waals surface area contributed by atoms with Gasteiger partial charge in [-0.2, -0.15) is 0 Å². The van der Waals surface area contributed by atoms with Crippen molar-refractivity contribution in [2.45, 2.75) is 6.42 Å². The quantitative estimate of drug-likeness (QED) is 0.441. The summed E-state index contributed by atoms with van der Waals surface area (Å²) in [6, 6.07) is 0. The average Bonchev–Trinajstić information content (AvgIpc) is 2.03. The molecule has 0 aromatic carbocycles. The van der Waals surface area contributed by atoms with Gasteiger partial charge < -0.3 is 15.2 Å². The Kier molecular flexibility index (Phi) is 10.3. The monoisotopic (exact) mass is 181 g/mol. The summed E-state index contributed by atoms with van der Waals surface area (Å²) in [4.78, 5) is 0. The standard InChI is InChI=1S/C7H16ClNO2/c8-2-5-11-7-6-10-4-1-3-9/h1-7,9H2. The van der Waals surface area contributed by atoms with Crippen molar-refractivity contribution in [2.75, 3.05) is 38.9 Å². The predicted molar refractivity (Wildman–Crippen MR) is 46.0 cm³/mol. The summed E-state index contributed by atoms with van der Waals surface area (Å²) in [6.07, 6.45) is 0.912. The average molecular weight is 182 g/mol. The molecular weight excluding hydrogens is 166 g/mol. The Morgan fingerprint density at radius 1 is 1.00 bits per heavy atom. The minimum Gasteiger partial charge on any atom is -0.379 e. The number of halogens is 1. The van der Waals surface area contributed by atoms with Crippen molar-refractivity contribution < 1.29 is 9.47 Å². The molecule has 0 saturated carbocycles. The molecule has 0 rings (SSSR count). The first-order chi connectivity index (χ1) is 5.41. The number of hydrogen-bond donors (Lipinski definition) is 1. The Morgan fingerprint density at radius 2 is 1.64 bits per heavy atom. The largest absolute Gasteiger partial charge is 0.379 e. The third kappa shape index (κ3) is 10.2. The molecule has 0 fully saturated rings. The maximum Gasteiger partial charge on any atom is 0.0701 e. The van der Waals surface area contributed by atoms with Crippen LogP contribution in [0.5, 0.6) is 0 Å². The second kappa shape index (κ2) is 10.2. The van der Waals surface area contributed by atoms with Crippen molar-refractivity contribution in [2.24, 2.45) is 5.73 Å². The zero-order valence-electron chi connectivity index (χ0n) is 6.72. The fourth-order valence-electron chi connectivity index (χ4n) is 0.562. The molecule has 0 aliphatic rings. The van der Waals surface area contributed by atoms with Crippen LogP contribution in [0.4, 0.5) is 0 Å². The van der Waals surface area contributed by atoms with Gasteiger partial charge in [0, 0.05) is 12.5 Å². The Labute approximate surface area is 72.8 Å². The molecule has 0 heterocycles. The normalized spacial score (nSPS) is 10.4. The first-order valence-corrected chi connectivity index (χ1v) is 4.36. The van der Waals surface area contributed by atoms with Gasteiger partial charge in [0.05, 0.1) is 19.8 Å². The molecule has 3 nitrogen and oxygen atoms in total. The number of hydrogen-bond acceptors (Lipinski definition) is 3. The highest BCUT2D eigenvalue weighted by molar-refractivity contribution is 6.17. The summed E-state index contributed by atoms with van der Waals surface area (Å²) in [5.41, 5.74) is 5.26. The highest BCUT2D eigenvalue weighted by Gasteiger charge is 1.87. The molecule has 0 bridgehead atoms. The van der Waals surface area contributed by atoms with Gasteiger partial charge in [-0.15, -0.1) is 11.6 Å². The fraction of sp³-hybridized carbons (Fsp3) is 1.00. The Hall–Kier alpha value is 0.170. The first-order valence-electron chi connectivity index (χ1n) is 3.83. The SMILES string of the molecule is NCCCOCCOCCCl. The molecule has 0 amide bonds. The summed E-state index contributed by atoms with van der Waals surface area (Å²) < 4.78 is 10.2. The van der Waals surface area contributed by atoms with E-state index < -0.39 is 0 Å². The molecule has 11 heavy (non-hydrogen) atoms. The van der Waals surface area contributed by atoms with E-state index >= 15 is 0 Å². The highest BCUT2D eigenvalue weighted by atomic mass is 35.5. The van der Waals surface area contributed by atoms with Crippen molar-refractivity contribution in [3.05, 3.63) is 0 Å². The van der Waals surface area contributed by atoms with Crippen molar-refractivity contribution in [3.63, 3.8) is 0 Å². The van der Waals surface area contributed by atoms with Crippen LogP contribution in [0.25, 0.3) is 0 Å². The molecule has 0 radical (unpaired) electrons. The molecule has 2 N–H and O–H groups in total. The van der Waals surface area contributed by atoms with E-state index in [1.165, 1.54) is 0 Å². The third-order valence-electron chi connectivity index (χ3n) is 1.09. The van der Waals surface area contributed by atoms with Gasteiger partial charge in [0.25, 0.3) is 0 Å². The lowest BCUT2D eigenvalue weighted by Gasteiger charge is -2.02. The minimum absolute atomic E-state index is 0.544. The minimum atomic E-state index is 0.544. The van der Waals surface area contributed by atoms with Crippen LogP contribution < -0.4 is 5.73 Å². The topological polar surface area (TPSA) is 44.5 Å². The molecule has 0 aromatic heterocycles. The van der Waals surface area contributed by atoms with Crippen LogP contribution >= 0.6 is 11.6 Å². The van der Waals surface area contributed by atoms with Crippen LogP contribution in [0, 0.1) is 0 Å². The van der Waals surface area contributed by atoms with E-state index in [9.17, 15) is 0 Å². The Morgan fingerprint density at radius 3 is 2.18 bits per heavy atom. The van der Waals surface area contributed by atoms with E-state index in [2.05, 4.69) is 0 Å². The van der Waals surface area contributed by atoms with E-state index in [1.807, 2.05) is 0 Å². The smallest absolute Gasteiger partial charge is 0.0701 e. The zero-order valence-corrected chi connectivity index (χ0v) is 7.48. The van der Waals surface area contributed by atoms with E-state index in [4.69, 9.17) is 26.8 Å². The lowest BCUT2D eigenvalue weighted by atomic mass is 10.5. The molecule has 0 aliphatic heterocycles. The molecule has 0 unspecified atom stereocenters. The predicted octanol–water partition coefficient (Wildman–Crippen LogP) is 0.607. The van der Waals surface area contributed by atoms with Gasteiger partial charge in [-0.25, -0.2) is 0 Å². The van der Waals surface area contributed by atoms with Crippen LogP contribution in [0.3, 0.4) is 0 Å². The van der Waals surface area contributed by atoms with Crippen molar-refractivity contribution in [3.8, 4) is 0 Å². The van der Waals surface area contributed by atoms with E-state index in [0.29, 0.717) is 32.2 Å². The van der Waals surface area contributed by atoms with Gasteiger partial charge in [0.15, 0.2) is 0 Å². The summed E-state index contributed by atoms with van der Waals surface area (Å²) >= 11 is 5.38. The summed E-state index contributed by atoms with van der Waals surface area (Å²) in [6.45, 7) is 3.26. The number of nitrogens with two attached hydrogens (primary N) is 1. The van der Waals surface area contributed by atoms with Crippen LogP contribution in [-0.2, 0) is 9.47 Å². The Bertz CT molecular complexity index is 65.5. The van der Waals surface area contributed by atoms with Gasteiger partial charge in [-0.3, -0.25) is 0 Å². The molecule has 4 heteroatoms. The van der Waals surface area contributed by atoms with E-state index in [-0.39, 0.29) is 0 Å². The van der Waals surface area contributed by atoms with Gasteiger partial charge >= 0.3 is 0 Å². The lowest BCUT2D eigenvalue weighted by Crippen LogP contribution is -2.09. The van der Waals surface area contributed by atoms with E-state index in [0.717, 1.165) is 13.0 Å². The second-order valence-corrected chi connectivity index (χ2v) is 2.43. The summed E-state index contributed by atoms with van der Waals surface area (Å²) in [7, 11) is 0. The van der Waals surface area contributed by atoms with Crippen molar-refractivity contribution in [1.82, 2.24) is 0 Å². The number of ether oxygens (including phenoxy) is 2. The van der Waals surface area contributed by atoms with E-state index in [1.54, 1.807) is 0 Å². The fourth-order valence-corrected chi connectivity index (χ4v) is 0.671. The van der Waals surface area contributed by atoms with Crippen LogP contribution in [0.1, 0.15) is 6.42 Å². The Balaban J connectivity index is 2.69. The summed E-state index contributed by atoms with van der Waals surface area (Å²) in [5, 5.41) is 0. The lowest BCUT2D eigenvalue weighted by molar-refractivity contribution is 0.0532. The van der Waals surface area contributed by atoms with Crippen LogP contribution in [0.15, 0.2) is 0 Å². The molecule has 0 aliphatic carbocycles. The van der Waals surface area contributed by atoms with Crippen LogP contribution in [0.2, 0.25) is 0 Å². The maximum absolute atomic E-state index is 5.38. The third-order valence-corrected chi connectivity index (χ3v) is 1.24. The number of alkyl halides is 1. The van der Waals surface area contributed by atoms with Gasteiger partial charge in [-0.1, -0.05) is 0 Å². The number of rotatable bonds is 8. The molecule has 0 atom stereocenters. The van der Waals surface area contributed by atoms with Crippen molar-refractivity contribution >= 4 is 11.6 Å². The molecular formula is C7H16ClNO2. The molecule has 68 valence electrons. The first kappa shape index (κ1) is 11.2. The zero-order chi connectivity index (χ0) is 8.36. The molecule has 0 saturated heterocycles. The summed E-state index contributed by atoms with van der Waals surface area (Å²) in [5.74, 6) is 0.544.